The quantitative estimate of drug-likeness (QED) is 0.662. The molecule has 2 aliphatic heterocycles. The molecule has 0 aliphatic carbocycles. The number of carbonyl (C=O) groups excluding carboxylic acids is 1. The first kappa shape index (κ1) is 21.4. The van der Waals surface area contributed by atoms with E-state index < -0.39 is 6.10 Å². The second-order valence-corrected chi connectivity index (χ2v) is 9.28. The van der Waals surface area contributed by atoms with Gasteiger partial charge in [0, 0.05) is 56.4 Å². The molecule has 2 fully saturated rings. The molecule has 1 amide bonds. The maximum absolute atomic E-state index is 12.8. The van der Waals surface area contributed by atoms with E-state index in [1.54, 1.807) is 29.2 Å². The Labute approximate surface area is 193 Å². The molecule has 2 unspecified atom stereocenters. The topological polar surface area (TPSA) is 47.0 Å². The van der Waals surface area contributed by atoms with E-state index >= 15 is 0 Å². The van der Waals surface area contributed by atoms with E-state index in [0.717, 1.165) is 32.7 Å². The van der Waals surface area contributed by atoms with Crippen LogP contribution in [0.4, 0.5) is 0 Å². The molecule has 2 heterocycles. The van der Waals surface area contributed by atoms with Crippen molar-refractivity contribution in [3.05, 3.63) is 82.9 Å². The minimum atomic E-state index is -0.515. The zero-order valence-electron chi connectivity index (χ0n) is 18.0. The Hall–Kier alpha value is -2.44. The van der Waals surface area contributed by atoms with Gasteiger partial charge in [0.2, 0.25) is 0 Å². The number of hydrogen-bond acceptors (Lipinski definition) is 4. The Morgan fingerprint density at radius 1 is 0.906 bits per heavy atom. The normalized spacial score (nSPS) is 22.5. The summed E-state index contributed by atoms with van der Waals surface area (Å²) in [6.45, 7) is 5.60. The number of amides is 1. The molecule has 3 aromatic carbocycles. The molecule has 0 aromatic heterocycles. The van der Waals surface area contributed by atoms with Gasteiger partial charge < -0.3 is 10.0 Å². The van der Waals surface area contributed by atoms with E-state index in [1.165, 1.54) is 16.3 Å². The number of likely N-dealkylation sites (tertiary alicyclic amines) is 1. The van der Waals surface area contributed by atoms with E-state index in [1.807, 2.05) is 0 Å². The summed E-state index contributed by atoms with van der Waals surface area (Å²) >= 11 is 5.94. The van der Waals surface area contributed by atoms with Gasteiger partial charge in [0.25, 0.3) is 5.91 Å². The van der Waals surface area contributed by atoms with Crippen LogP contribution in [0.15, 0.2) is 66.7 Å². The van der Waals surface area contributed by atoms with Gasteiger partial charge in [0.1, 0.15) is 0 Å². The van der Waals surface area contributed by atoms with Crippen molar-refractivity contribution in [2.45, 2.75) is 18.7 Å². The van der Waals surface area contributed by atoms with Crippen LogP contribution in [0.5, 0.6) is 0 Å². The highest BCUT2D eigenvalue weighted by molar-refractivity contribution is 6.30. The van der Waals surface area contributed by atoms with E-state index in [2.05, 4.69) is 52.3 Å². The lowest BCUT2D eigenvalue weighted by Crippen LogP contribution is -2.53. The molecular weight excluding hydrogens is 422 g/mol. The van der Waals surface area contributed by atoms with Crippen LogP contribution in [0, 0.1) is 0 Å². The molecule has 0 bridgehead atoms. The largest absolute Gasteiger partial charge is 0.390 e. The number of rotatable bonds is 4. The summed E-state index contributed by atoms with van der Waals surface area (Å²) in [4.78, 5) is 19.4. The van der Waals surface area contributed by atoms with Crippen LogP contribution in [-0.2, 0) is 6.54 Å². The molecule has 0 saturated carbocycles. The van der Waals surface area contributed by atoms with Crippen LogP contribution in [0.2, 0.25) is 5.02 Å². The maximum atomic E-state index is 12.8. The fourth-order valence-corrected chi connectivity index (χ4v) is 5.04. The summed E-state index contributed by atoms with van der Waals surface area (Å²) in [6.07, 6.45) is -0.515. The number of β-amino-alcohol motifs (C(OH)–C–C–N with tert-alkyl or cyclic N) is 1. The molecule has 5 nitrogen and oxygen atoms in total. The first-order valence-corrected chi connectivity index (χ1v) is 11.6. The minimum Gasteiger partial charge on any atom is -0.390 e. The molecule has 2 aliphatic rings. The van der Waals surface area contributed by atoms with Gasteiger partial charge in [-0.2, -0.15) is 0 Å². The molecular formula is C26H28ClN3O2. The highest BCUT2D eigenvalue weighted by atomic mass is 35.5. The van der Waals surface area contributed by atoms with Crippen LogP contribution in [-0.4, -0.2) is 77.1 Å². The Morgan fingerprint density at radius 3 is 2.38 bits per heavy atom. The molecule has 166 valence electrons. The standard InChI is InChI=1S/C26H28ClN3O2/c27-23-9-7-21(8-10-23)26(32)30-17-24(25(31)18-30)29-13-11-28(12-14-29)16-19-5-6-20-3-1-2-4-22(20)15-19/h1-10,15,24-25,31H,11-14,16-18H2. The summed E-state index contributed by atoms with van der Waals surface area (Å²) in [5, 5.41) is 13.8. The number of aliphatic hydroxyl groups is 1. The summed E-state index contributed by atoms with van der Waals surface area (Å²) < 4.78 is 0. The molecule has 1 N–H and O–H groups in total. The molecule has 2 atom stereocenters. The predicted molar refractivity (Wildman–Crippen MR) is 128 cm³/mol. The predicted octanol–water partition coefficient (Wildman–Crippen LogP) is 3.50. The molecule has 2 saturated heterocycles. The van der Waals surface area contributed by atoms with Crippen LogP contribution < -0.4 is 0 Å². The first-order valence-electron chi connectivity index (χ1n) is 11.2. The molecule has 5 rings (SSSR count). The Kier molecular flexibility index (Phi) is 6.15. The van der Waals surface area contributed by atoms with Crippen molar-refractivity contribution in [3.63, 3.8) is 0 Å². The van der Waals surface area contributed by atoms with Crippen LogP contribution in [0.25, 0.3) is 10.8 Å². The van der Waals surface area contributed by atoms with E-state index in [9.17, 15) is 9.90 Å². The summed E-state index contributed by atoms with van der Waals surface area (Å²) in [5.41, 5.74) is 1.94. The second kappa shape index (κ2) is 9.20. The number of nitrogens with zero attached hydrogens (tertiary/aromatic N) is 3. The summed E-state index contributed by atoms with van der Waals surface area (Å²) in [7, 11) is 0. The van der Waals surface area contributed by atoms with Crippen molar-refractivity contribution in [1.82, 2.24) is 14.7 Å². The number of fused-ring (bicyclic) bond motifs is 1. The number of piperazine rings is 1. The number of carbonyl (C=O) groups is 1. The number of halogens is 1. The second-order valence-electron chi connectivity index (χ2n) is 8.85. The van der Waals surface area contributed by atoms with E-state index in [0.29, 0.717) is 23.7 Å². The lowest BCUT2D eigenvalue weighted by molar-refractivity contribution is 0.0423. The van der Waals surface area contributed by atoms with Crippen molar-refractivity contribution in [2.75, 3.05) is 39.3 Å². The lowest BCUT2D eigenvalue weighted by atomic mass is 10.1. The van der Waals surface area contributed by atoms with Gasteiger partial charge in [-0.3, -0.25) is 14.6 Å². The Morgan fingerprint density at radius 2 is 1.62 bits per heavy atom. The SMILES string of the molecule is O=C(c1ccc(Cl)cc1)N1CC(O)C(N2CCN(Cc3ccc4ccccc4c3)CC2)C1. The minimum absolute atomic E-state index is 0.00549. The lowest BCUT2D eigenvalue weighted by Gasteiger charge is -2.38. The molecule has 32 heavy (non-hydrogen) atoms. The van der Waals surface area contributed by atoms with Gasteiger partial charge in [0.05, 0.1) is 12.1 Å². The monoisotopic (exact) mass is 449 g/mol. The summed E-state index contributed by atoms with van der Waals surface area (Å²) in [6, 6.07) is 22.1. The first-order chi connectivity index (χ1) is 15.6. The van der Waals surface area contributed by atoms with Gasteiger partial charge >= 0.3 is 0 Å². The zero-order chi connectivity index (χ0) is 22.1. The van der Waals surface area contributed by atoms with Gasteiger partial charge in [0.15, 0.2) is 0 Å². The van der Waals surface area contributed by atoms with Crippen LogP contribution >= 0.6 is 11.6 Å². The number of hydrogen-bond donors (Lipinski definition) is 1. The van der Waals surface area contributed by atoms with Crippen LogP contribution in [0.1, 0.15) is 15.9 Å². The Balaban J connectivity index is 1.16. The fraction of sp³-hybridized carbons (Fsp3) is 0.346. The number of benzene rings is 3. The van der Waals surface area contributed by atoms with E-state index in [4.69, 9.17) is 11.6 Å². The third-order valence-corrected chi connectivity index (χ3v) is 6.99. The maximum Gasteiger partial charge on any atom is 0.253 e. The Bertz CT molecular complexity index is 1100. The van der Waals surface area contributed by atoms with Crippen molar-refractivity contribution in [3.8, 4) is 0 Å². The molecule has 3 aromatic rings. The average Bonchev–Trinajstić information content (AvgIpc) is 3.21. The summed E-state index contributed by atoms with van der Waals surface area (Å²) in [5.74, 6) is -0.0434. The number of aliphatic hydroxyl groups excluding tert-OH is 1. The average molecular weight is 450 g/mol. The zero-order valence-corrected chi connectivity index (χ0v) is 18.8. The van der Waals surface area contributed by atoms with Gasteiger partial charge in [-0.1, -0.05) is 48.0 Å². The van der Waals surface area contributed by atoms with Gasteiger partial charge in [-0.15, -0.1) is 0 Å². The molecule has 6 heteroatoms. The smallest absolute Gasteiger partial charge is 0.253 e. The highest BCUT2D eigenvalue weighted by Gasteiger charge is 2.38. The van der Waals surface area contributed by atoms with E-state index in [-0.39, 0.29) is 11.9 Å². The molecule has 0 spiro atoms. The van der Waals surface area contributed by atoms with Crippen molar-refractivity contribution in [2.24, 2.45) is 0 Å². The van der Waals surface area contributed by atoms with Crippen molar-refractivity contribution < 1.29 is 9.90 Å². The molecule has 0 radical (unpaired) electrons. The fourth-order valence-electron chi connectivity index (χ4n) is 4.92. The highest BCUT2D eigenvalue weighted by Crippen LogP contribution is 2.22. The van der Waals surface area contributed by atoms with Gasteiger partial charge in [-0.05, 0) is 46.7 Å². The van der Waals surface area contributed by atoms with Crippen molar-refractivity contribution in [1.29, 1.82) is 0 Å². The third-order valence-electron chi connectivity index (χ3n) is 6.73. The van der Waals surface area contributed by atoms with Crippen molar-refractivity contribution >= 4 is 28.3 Å². The van der Waals surface area contributed by atoms with Crippen LogP contribution in [0.3, 0.4) is 0 Å². The third kappa shape index (κ3) is 4.52. The van der Waals surface area contributed by atoms with Gasteiger partial charge in [-0.25, -0.2) is 0 Å².